The molecule has 47 heavy (non-hydrogen) atoms. The predicted molar refractivity (Wildman–Crippen MR) is 178 cm³/mol. The lowest BCUT2D eigenvalue weighted by Crippen LogP contribution is -2.23. The normalized spacial score (nSPS) is 10.9. The molecule has 0 radical (unpaired) electrons. The van der Waals surface area contributed by atoms with Crippen LogP contribution in [0.25, 0.3) is 22.4 Å². The zero-order valence-corrected chi connectivity index (χ0v) is 26.1. The van der Waals surface area contributed by atoms with Gasteiger partial charge in [0, 0.05) is 30.5 Å². The number of hydrogen-bond donors (Lipinski definition) is 2. The maximum Gasteiger partial charge on any atom is 0.339 e. The van der Waals surface area contributed by atoms with Crippen LogP contribution in [0, 0.1) is 5.82 Å². The van der Waals surface area contributed by atoms with Crippen molar-refractivity contribution in [3.05, 3.63) is 125 Å². The second-order valence-electron chi connectivity index (χ2n) is 10.5. The van der Waals surface area contributed by atoms with Crippen LogP contribution in [0.5, 0.6) is 11.5 Å². The number of rotatable bonds is 11. The lowest BCUT2D eigenvalue weighted by atomic mass is 10.1. The number of aromatic nitrogens is 4. The smallest absolute Gasteiger partial charge is 0.339 e. The predicted octanol–water partition coefficient (Wildman–Crippen LogP) is 7.55. The number of anilines is 3. The van der Waals surface area contributed by atoms with Crippen molar-refractivity contribution in [2.75, 3.05) is 24.4 Å². The number of aromatic carboxylic acids is 1. The minimum Gasteiger partial charge on any atom is -0.497 e. The summed E-state index contributed by atoms with van der Waals surface area (Å²) in [5.74, 6) is 0.594. The van der Waals surface area contributed by atoms with E-state index in [0.29, 0.717) is 29.3 Å². The van der Waals surface area contributed by atoms with Gasteiger partial charge in [-0.15, -0.1) is 0 Å². The minimum absolute atomic E-state index is 0.0208. The molecule has 0 aliphatic rings. The number of nitrogens with one attached hydrogen (secondary N) is 1. The van der Waals surface area contributed by atoms with Gasteiger partial charge in [0.1, 0.15) is 34.5 Å². The summed E-state index contributed by atoms with van der Waals surface area (Å²) in [6.45, 7) is 0.999. The summed E-state index contributed by atoms with van der Waals surface area (Å²) in [6, 6.07) is 24.8. The van der Waals surface area contributed by atoms with Gasteiger partial charge in [0.05, 0.1) is 30.9 Å². The van der Waals surface area contributed by atoms with Crippen molar-refractivity contribution in [3.63, 3.8) is 0 Å². The summed E-state index contributed by atoms with van der Waals surface area (Å²) in [5.41, 5.74) is 2.55. The molecular formula is C35H28ClFN6O4. The molecule has 236 valence electrons. The van der Waals surface area contributed by atoms with Crippen molar-refractivity contribution in [2.24, 2.45) is 0 Å². The molecule has 0 unspecified atom stereocenters. The van der Waals surface area contributed by atoms with Crippen molar-refractivity contribution >= 4 is 45.9 Å². The fourth-order valence-electron chi connectivity index (χ4n) is 4.98. The molecular weight excluding hydrogens is 623 g/mol. The van der Waals surface area contributed by atoms with Crippen LogP contribution >= 0.6 is 11.6 Å². The minimum atomic E-state index is -1.17. The van der Waals surface area contributed by atoms with Crippen molar-refractivity contribution < 1.29 is 23.8 Å². The molecule has 6 aromatic rings. The number of benzene rings is 3. The number of pyridine rings is 2. The molecule has 2 N–H and O–H groups in total. The molecule has 0 saturated carbocycles. The van der Waals surface area contributed by atoms with Crippen LogP contribution in [0.3, 0.4) is 0 Å². The maximum absolute atomic E-state index is 15.1. The molecule has 10 nitrogen and oxygen atoms in total. The van der Waals surface area contributed by atoms with E-state index in [4.69, 9.17) is 26.1 Å². The van der Waals surface area contributed by atoms with Crippen molar-refractivity contribution in [1.29, 1.82) is 0 Å². The second kappa shape index (κ2) is 13.7. The van der Waals surface area contributed by atoms with E-state index in [2.05, 4.69) is 25.2 Å². The number of hydrogen-bond acceptors (Lipinski definition) is 9. The topological polar surface area (TPSA) is 123 Å². The van der Waals surface area contributed by atoms with Gasteiger partial charge in [-0.2, -0.15) is 0 Å². The van der Waals surface area contributed by atoms with Crippen LogP contribution in [0.15, 0.2) is 97.3 Å². The molecule has 0 saturated heterocycles. The lowest BCUT2D eigenvalue weighted by molar-refractivity contribution is 0.0697. The fourth-order valence-corrected chi connectivity index (χ4v) is 5.15. The zero-order valence-electron chi connectivity index (χ0n) is 25.3. The Labute approximate surface area is 274 Å². The Hall–Kier alpha value is -5.81. The summed E-state index contributed by atoms with van der Waals surface area (Å²) in [6.07, 6.45) is 2.69. The number of carboxylic acids is 1. The molecule has 0 spiro atoms. The van der Waals surface area contributed by atoms with E-state index in [-0.39, 0.29) is 34.1 Å². The summed E-state index contributed by atoms with van der Waals surface area (Å²) in [5, 5.41) is 13.6. The Bertz CT molecular complexity index is 2010. The largest absolute Gasteiger partial charge is 0.497 e. The maximum atomic E-state index is 15.1. The summed E-state index contributed by atoms with van der Waals surface area (Å²) in [7, 11) is 3.24. The van der Waals surface area contributed by atoms with Crippen LogP contribution in [0.1, 0.15) is 21.5 Å². The van der Waals surface area contributed by atoms with Gasteiger partial charge in [0.2, 0.25) is 0 Å². The first-order chi connectivity index (χ1) is 22.8. The van der Waals surface area contributed by atoms with Crippen LogP contribution in [-0.4, -0.2) is 45.2 Å². The van der Waals surface area contributed by atoms with Gasteiger partial charge in [-0.05, 0) is 71.8 Å². The summed E-state index contributed by atoms with van der Waals surface area (Å²) in [4.78, 5) is 32.1. The van der Waals surface area contributed by atoms with E-state index in [1.807, 2.05) is 54.6 Å². The van der Waals surface area contributed by atoms with Crippen molar-refractivity contribution in [3.8, 4) is 22.9 Å². The molecule has 0 amide bonds. The molecule has 12 heteroatoms. The van der Waals surface area contributed by atoms with Gasteiger partial charge in [-0.25, -0.2) is 24.1 Å². The Balaban J connectivity index is 1.48. The van der Waals surface area contributed by atoms with Crippen molar-refractivity contribution in [1.82, 2.24) is 19.9 Å². The third-order valence-electron chi connectivity index (χ3n) is 7.41. The Morgan fingerprint density at radius 3 is 2.15 bits per heavy atom. The lowest BCUT2D eigenvalue weighted by Gasteiger charge is -2.25. The highest BCUT2D eigenvalue weighted by Crippen LogP contribution is 2.32. The standard InChI is InChI=1S/C35H28ClFN6O4/c1-46-24-8-3-21(4-9-24)19-43(20-22-5-10-25(47-2)11-6-22)31-14-12-26-32(39-30-15-16-38-18-28(30)35(44)45)41-34(42-33(26)40-31)27-17-23(36)7-13-29(27)37/h3-18H,19-20H2,1-2H3,(H,44,45)(H,38,39,40,41,42). The summed E-state index contributed by atoms with van der Waals surface area (Å²) >= 11 is 6.22. The summed E-state index contributed by atoms with van der Waals surface area (Å²) < 4.78 is 25.8. The quantitative estimate of drug-likeness (QED) is 0.145. The zero-order chi connectivity index (χ0) is 32.9. The number of halogens is 2. The third-order valence-corrected chi connectivity index (χ3v) is 7.64. The first-order valence-electron chi connectivity index (χ1n) is 14.4. The highest BCUT2D eigenvalue weighted by atomic mass is 35.5. The Morgan fingerprint density at radius 2 is 1.53 bits per heavy atom. The molecule has 0 fully saturated rings. The van der Waals surface area contributed by atoms with E-state index in [1.54, 1.807) is 20.3 Å². The van der Waals surface area contributed by atoms with Gasteiger partial charge in [-0.1, -0.05) is 35.9 Å². The molecule has 0 atom stereocenters. The van der Waals surface area contributed by atoms with Crippen LogP contribution in [-0.2, 0) is 13.1 Å². The van der Waals surface area contributed by atoms with E-state index >= 15 is 4.39 Å². The molecule has 0 aliphatic heterocycles. The fraction of sp³-hybridized carbons (Fsp3) is 0.114. The van der Waals surface area contributed by atoms with Crippen LogP contribution in [0.2, 0.25) is 5.02 Å². The van der Waals surface area contributed by atoms with E-state index in [0.717, 1.165) is 22.6 Å². The van der Waals surface area contributed by atoms with Gasteiger partial charge >= 0.3 is 5.97 Å². The van der Waals surface area contributed by atoms with Crippen molar-refractivity contribution in [2.45, 2.75) is 13.1 Å². The Kier molecular flexibility index (Phi) is 9.07. The number of carboxylic acid groups (broad SMARTS) is 1. The van der Waals surface area contributed by atoms with Gasteiger partial charge in [0.15, 0.2) is 11.5 Å². The third kappa shape index (κ3) is 7.05. The van der Waals surface area contributed by atoms with Crippen LogP contribution in [0.4, 0.5) is 21.7 Å². The first-order valence-corrected chi connectivity index (χ1v) is 14.8. The second-order valence-corrected chi connectivity index (χ2v) is 10.9. The number of ether oxygens (including phenoxy) is 2. The highest BCUT2D eigenvalue weighted by molar-refractivity contribution is 6.30. The SMILES string of the molecule is COc1ccc(CN(Cc2ccc(OC)cc2)c2ccc3c(Nc4ccncc4C(=O)O)nc(-c4cc(Cl)ccc4F)nc3n2)cc1. The first kappa shape index (κ1) is 31.2. The molecule has 3 heterocycles. The molecule has 0 bridgehead atoms. The average Bonchev–Trinajstić information content (AvgIpc) is 3.09. The highest BCUT2D eigenvalue weighted by Gasteiger charge is 2.19. The van der Waals surface area contributed by atoms with Gasteiger partial charge in [-0.3, -0.25) is 4.98 Å². The Morgan fingerprint density at radius 1 is 0.872 bits per heavy atom. The number of nitrogens with zero attached hydrogens (tertiary/aromatic N) is 5. The average molecular weight is 651 g/mol. The number of carbonyl (C=O) groups is 1. The monoisotopic (exact) mass is 650 g/mol. The van der Waals surface area contributed by atoms with E-state index in [9.17, 15) is 9.90 Å². The van der Waals surface area contributed by atoms with E-state index < -0.39 is 11.8 Å². The van der Waals surface area contributed by atoms with Crippen LogP contribution < -0.4 is 19.7 Å². The molecule has 3 aromatic carbocycles. The number of fused-ring (bicyclic) bond motifs is 1. The van der Waals surface area contributed by atoms with Gasteiger partial charge < -0.3 is 24.8 Å². The molecule has 0 aliphatic carbocycles. The van der Waals surface area contributed by atoms with E-state index in [1.165, 1.54) is 36.7 Å². The van der Waals surface area contributed by atoms with Gasteiger partial charge in [0.25, 0.3) is 0 Å². The molecule has 3 aromatic heterocycles. The number of methoxy groups -OCH3 is 2. The molecule has 6 rings (SSSR count).